The minimum atomic E-state index is -0.776. The Balaban J connectivity index is 1.87. The van der Waals surface area contributed by atoms with Crippen LogP contribution in [0, 0.1) is 11.8 Å². The summed E-state index contributed by atoms with van der Waals surface area (Å²) in [6.45, 7) is 8.29. The van der Waals surface area contributed by atoms with Crippen molar-refractivity contribution in [2.45, 2.75) is 25.8 Å². The van der Waals surface area contributed by atoms with E-state index in [4.69, 9.17) is 5.73 Å². The van der Waals surface area contributed by atoms with E-state index in [1.54, 1.807) is 0 Å². The predicted molar refractivity (Wildman–Crippen MR) is 67.8 cm³/mol. The van der Waals surface area contributed by atoms with Crippen LogP contribution in [-0.2, 0) is 4.79 Å². The van der Waals surface area contributed by atoms with Crippen LogP contribution in [0.3, 0.4) is 0 Å². The molecule has 0 bridgehead atoms. The van der Waals surface area contributed by atoms with Crippen molar-refractivity contribution in [1.29, 1.82) is 0 Å². The van der Waals surface area contributed by atoms with Crippen LogP contribution >= 0.6 is 0 Å². The fourth-order valence-electron chi connectivity index (χ4n) is 3.32. The number of carbonyl (C=O) groups excluding carboxylic acids is 2. The molecule has 0 saturated carbocycles. The van der Waals surface area contributed by atoms with Crippen LogP contribution in [0.15, 0.2) is 0 Å². The molecule has 2 fully saturated rings. The van der Waals surface area contributed by atoms with Gasteiger partial charge in [-0.3, -0.25) is 15.0 Å². The highest BCUT2D eigenvalue weighted by Gasteiger charge is 2.49. The van der Waals surface area contributed by atoms with Crippen molar-refractivity contribution in [2.24, 2.45) is 17.6 Å². The molecule has 0 aromatic carbocycles. The quantitative estimate of drug-likeness (QED) is 0.633. The summed E-state index contributed by atoms with van der Waals surface area (Å²) >= 11 is 0. The highest BCUT2D eigenvalue weighted by atomic mass is 16.2. The summed E-state index contributed by atoms with van der Waals surface area (Å²) in [6.07, 6.45) is 0.319. The fourth-order valence-corrected chi connectivity index (χ4v) is 3.32. The zero-order valence-electron chi connectivity index (χ0n) is 11.0. The van der Waals surface area contributed by atoms with Crippen molar-refractivity contribution in [1.82, 2.24) is 15.5 Å². The van der Waals surface area contributed by atoms with Crippen LogP contribution < -0.4 is 16.4 Å². The standard InChI is InChI=1S/C12H22N4O2/c1-12(2)9-6-14-5-8(9)7-16(12)4-3-10(17)15-11(13)18/h8-9,14H,3-7H2,1-2H3,(H3,13,15,17,18). The van der Waals surface area contributed by atoms with Gasteiger partial charge >= 0.3 is 6.03 Å². The Bertz CT molecular complexity index is 356. The molecule has 2 saturated heterocycles. The number of amides is 3. The maximum atomic E-state index is 11.4. The number of urea groups is 1. The molecule has 6 heteroatoms. The van der Waals surface area contributed by atoms with Crippen molar-refractivity contribution < 1.29 is 9.59 Å². The first-order valence-corrected chi connectivity index (χ1v) is 6.46. The van der Waals surface area contributed by atoms with Gasteiger partial charge in [0.1, 0.15) is 0 Å². The first-order chi connectivity index (χ1) is 8.41. The molecule has 18 heavy (non-hydrogen) atoms. The van der Waals surface area contributed by atoms with Gasteiger partial charge in [-0.1, -0.05) is 0 Å². The van der Waals surface area contributed by atoms with Crippen molar-refractivity contribution in [3.05, 3.63) is 0 Å². The number of likely N-dealkylation sites (tertiary alicyclic amines) is 1. The Kier molecular flexibility index (Phi) is 3.59. The number of carbonyl (C=O) groups is 2. The van der Waals surface area contributed by atoms with E-state index >= 15 is 0 Å². The first-order valence-electron chi connectivity index (χ1n) is 6.46. The van der Waals surface area contributed by atoms with Gasteiger partial charge in [-0.15, -0.1) is 0 Å². The average Bonchev–Trinajstić information content (AvgIpc) is 2.78. The molecule has 2 heterocycles. The van der Waals surface area contributed by atoms with E-state index < -0.39 is 6.03 Å². The molecule has 2 rings (SSSR count). The van der Waals surface area contributed by atoms with Gasteiger partial charge in [-0.25, -0.2) is 4.79 Å². The van der Waals surface area contributed by atoms with E-state index in [1.807, 2.05) is 0 Å². The van der Waals surface area contributed by atoms with Gasteiger partial charge in [0, 0.05) is 31.6 Å². The Labute approximate surface area is 107 Å². The van der Waals surface area contributed by atoms with E-state index in [1.165, 1.54) is 0 Å². The van der Waals surface area contributed by atoms with Gasteiger partial charge in [-0.05, 0) is 32.2 Å². The molecule has 2 aliphatic rings. The summed E-state index contributed by atoms with van der Waals surface area (Å²) in [5.74, 6) is 1.03. The summed E-state index contributed by atoms with van der Waals surface area (Å²) in [6, 6.07) is -0.776. The molecule has 2 unspecified atom stereocenters. The Hall–Kier alpha value is -1.14. The number of rotatable bonds is 3. The second kappa shape index (κ2) is 4.85. The van der Waals surface area contributed by atoms with Gasteiger partial charge in [0.25, 0.3) is 0 Å². The fraction of sp³-hybridized carbons (Fsp3) is 0.833. The van der Waals surface area contributed by atoms with E-state index in [9.17, 15) is 9.59 Å². The molecule has 0 aliphatic carbocycles. The topological polar surface area (TPSA) is 87.5 Å². The molecule has 6 nitrogen and oxygen atoms in total. The molecule has 0 radical (unpaired) electrons. The van der Waals surface area contributed by atoms with Crippen LogP contribution in [0.1, 0.15) is 20.3 Å². The maximum Gasteiger partial charge on any atom is 0.318 e. The summed E-state index contributed by atoms with van der Waals surface area (Å²) in [4.78, 5) is 24.3. The summed E-state index contributed by atoms with van der Waals surface area (Å²) < 4.78 is 0. The molecule has 0 aromatic heterocycles. The summed E-state index contributed by atoms with van der Waals surface area (Å²) in [7, 11) is 0. The van der Waals surface area contributed by atoms with Gasteiger partial charge in [-0.2, -0.15) is 0 Å². The minimum Gasteiger partial charge on any atom is -0.351 e. The average molecular weight is 254 g/mol. The monoisotopic (exact) mass is 254 g/mol. The van der Waals surface area contributed by atoms with Gasteiger partial charge in [0.05, 0.1) is 0 Å². The molecule has 2 aliphatic heterocycles. The smallest absolute Gasteiger partial charge is 0.318 e. The molecular weight excluding hydrogens is 232 g/mol. The lowest BCUT2D eigenvalue weighted by molar-refractivity contribution is -0.120. The van der Waals surface area contributed by atoms with Crippen LogP contribution in [0.4, 0.5) is 4.79 Å². The van der Waals surface area contributed by atoms with Crippen molar-refractivity contribution in [2.75, 3.05) is 26.2 Å². The van der Waals surface area contributed by atoms with Gasteiger partial charge in [0.2, 0.25) is 5.91 Å². The zero-order valence-corrected chi connectivity index (χ0v) is 11.0. The number of hydrogen-bond donors (Lipinski definition) is 3. The summed E-state index contributed by atoms with van der Waals surface area (Å²) in [5, 5.41) is 5.53. The number of primary amides is 1. The third-order valence-corrected chi connectivity index (χ3v) is 4.39. The van der Waals surface area contributed by atoms with E-state index in [0.717, 1.165) is 19.6 Å². The van der Waals surface area contributed by atoms with E-state index in [-0.39, 0.29) is 11.4 Å². The van der Waals surface area contributed by atoms with Crippen LogP contribution in [0.2, 0.25) is 0 Å². The molecule has 0 aromatic rings. The SMILES string of the molecule is CC1(C)C2CNCC2CN1CCC(=O)NC(N)=O. The van der Waals surface area contributed by atoms with Gasteiger partial charge < -0.3 is 11.1 Å². The Morgan fingerprint density at radius 1 is 1.44 bits per heavy atom. The number of hydrogen-bond acceptors (Lipinski definition) is 4. The molecule has 102 valence electrons. The second-order valence-electron chi connectivity index (χ2n) is 5.79. The number of imide groups is 1. The number of fused-ring (bicyclic) bond motifs is 1. The van der Waals surface area contributed by atoms with Crippen LogP contribution in [0.25, 0.3) is 0 Å². The first kappa shape index (κ1) is 13.3. The third-order valence-electron chi connectivity index (χ3n) is 4.39. The lowest BCUT2D eigenvalue weighted by Crippen LogP contribution is -2.46. The predicted octanol–water partition coefficient (Wildman–Crippen LogP) is -0.499. The molecule has 4 N–H and O–H groups in total. The van der Waals surface area contributed by atoms with Crippen LogP contribution in [0.5, 0.6) is 0 Å². The van der Waals surface area contributed by atoms with Crippen LogP contribution in [-0.4, -0.2) is 48.6 Å². The molecule has 3 amide bonds. The number of nitrogens with zero attached hydrogens (tertiary/aromatic N) is 1. The molecule has 0 spiro atoms. The minimum absolute atomic E-state index is 0.112. The Morgan fingerprint density at radius 3 is 2.78 bits per heavy atom. The van der Waals surface area contributed by atoms with Crippen molar-refractivity contribution in [3.8, 4) is 0 Å². The highest BCUT2D eigenvalue weighted by molar-refractivity contribution is 5.93. The number of nitrogens with two attached hydrogens (primary N) is 1. The normalized spacial score (nSPS) is 30.1. The largest absolute Gasteiger partial charge is 0.351 e. The maximum absolute atomic E-state index is 11.4. The van der Waals surface area contributed by atoms with Crippen molar-refractivity contribution in [3.63, 3.8) is 0 Å². The molecule has 2 atom stereocenters. The zero-order chi connectivity index (χ0) is 13.3. The lowest BCUT2D eigenvalue weighted by Gasteiger charge is -2.35. The van der Waals surface area contributed by atoms with Crippen molar-refractivity contribution >= 4 is 11.9 Å². The highest BCUT2D eigenvalue weighted by Crippen LogP contribution is 2.40. The third kappa shape index (κ3) is 2.49. The number of nitrogens with one attached hydrogen (secondary N) is 2. The Morgan fingerprint density at radius 2 is 2.17 bits per heavy atom. The second-order valence-corrected chi connectivity index (χ2v) is 5.79. The lowest BCUT2D eigenvalue weighted by atomic mass is 9.85. The van der Waals surface area contributed by atoms with E-state index in [0.29, 0.717) is 24.8 Å². The van der Waals surface area contributed by atoms with E-state index in [2.05, 4.69) is 29.4 Å². The summed E-state index contributed by atoms with van der Waals surface area (Å²) in [5.41, 5.74) is 5.02. The van der Waals surface area contributed by atoms with Gasteiger partial charge in [0.15, 0.2) is 0 Å². The molecular formula is C12H22N4O2.